The largest absolute Gasteiger partial charge is 0.380 e. The number of hydrogen-bond acceptors (Lipinski definition) is 3. The molecule has 0 aliphatic carbocycles. The number of aromatic nitrogens is 2. The average Bonchev–Trinajstić information content (AvgIpc) is 2.87. The van der Waals surface area contributed by atoms with Crippen molar-refractivity contribution in [2.75, 3.05) is 7.11 Å². The smallest absolute Gasteiger partial charge is 0.105 e. The van der Waals surface area contributed by atoms with E-state index in [4.69, 9.17) is 21.4 Å². The van der Waals surface area contributed by atoms with Gasteiger partial charge in [-0.05, 0) is 24.3 Å². The Bertz CT molecular complexity index is 785. The van der Waals surface area contributed by atoms with Gasteiger partial charge in [-0.3, -0.25) is 4.68 Å². The predicted octanol–water partition coefficient (Wildman–Crippen LogP) is 5.04. The molecule has 0 aliphatic heterocycles. The fourth-order valence-corrected chi connectivity index (χ4v) is 3.47. The number of benzene rings is 2. The van der Waals surface area contributed by atoms with Crippen LogP contribution in [0.15, 0.2) is 64.5 Å². The van der Waals surface area contributed by atoms with Gasteiger partial charge >= 0.3 is 0 Å². The maximum absolute atomic E-state index is 5.96. The van der Waals surface area contributed by atoms with Gasteiger partial charge in [0.1, 0.15) is 5.03 Å². The summed E-state index contributed by atoms with van der Waals surface area (Å²) in [4.78, 5) is 1.12. The first-order chi connectivity index (χ1) is 11.2. The van der Waals surface area contributed by atoms with E-state index in [1.54, 1.807) is 18.9 Å². The third kappa shape index (κ3) is 3.61. The van der Waals surface area contributed by atoms with Crippen LogP contribution in [0.1, 0.15) is 5.56 Å². The summed E-state index contributed by atoms with van der Waals surface area (Å²) in [6.07, 6.45) is 0. The number of methoxy groups -OCH3 is 1. The van der Waals surface area contributed by atoms with Gasteiger partial charge < -0.3 is 4.74 Å². The molecule has 0 unspecified atom stereocenters. The second-order valence-electron chi connectivity index (χ2n) is 5.11. The van der Waals surface area contributed by atoms with Gasteiger partial charge in [-0.15, -0.1) is 0 Å². The van der Waals surface area contributed by atoms with E-state index in [2.05, 4.69) is 12.1 Å². The van der Waals surface area contributed by atoms with Crippen molar-refractivity contribution in [3.63, 3.8) is 0 Å². The molecule has 3 rings (SSSR count). The molecule has 1 heterocycles. The number of aryl methyl sites for hydroxylation is 1. The highest BCUT2D eigenvalue weighted by Crippen LogP contribution is 2.36. The number of nitrogens with zero attached hydrogens (tertiary/aromatic N) is 2. The van der Waals surface area contributed by atoms with Crippen LogP contribution in [-0.4, -0.2) is 16.9 Å². The van der Waals surface area contributed by atoms with Crippen LogP contribution in [0.2, 0.25) is 5.02 Å². The van der Waals surface area contributed by atoms with Gasteiger partial charge in [0.15, 0.2) is 0 Å². The molecule has 0 saturated carbocycles. The summed E-state index contributed by atoms with van der Waals surface area (Å²) in [7, 11) is 3.67. The molecular formula is C18H17ClN2OS. The van der Waals surface area contributed by atoms with Crippen molar-refractivity contribution in [1.82, 2.24) is 9.78 Å². The first-order valence-corrected chi connectivity index (χ1v) is 8.42. The number of rotatable bonds is 5. The molecule has 3 nitrogen and oxygen atoms in total. The van der Waals surface area contributed by atoms with Crippen LogP contribution < -0.4 is 0 Å². The molecule has 3 aromatic rings. The molecule has 0 amide bonds. The van der Waals surface area contributed by atoms with E-state index in [0.29, 0.717) is 6.61 Å². The van der Waals surface area contributed by atoms with Crippen LogP contribution >= 0.6 is 23.4 Å². The zero-order chi connectivity index (χ0) is 16.2. The molecule has 0 bridgehead atoms. The topological polar surface area (TPSA) is 27.1 Å². The van der Waals surface area contributed by atoms with E-state index in [1.165, 1.54) is 0 Å². The van der Waals surface area contributed by atoms with Crippen molar-refractivity contribution in [1.29, 1.82) is 0 Å². The van der Waals surface area contributed by atoms with E-state index in [-0.39, 0.29) is 0 Å². The van der Waals surface area contributed by atoms with Crippen LogP contribution in [0.4, 0.5) is 0 Å². The standard InChI is InChI=1S/C18H17ClN2OS/c1-21-18(23-15-10-8-14(19)9-11-15)16(12-22-2)17(20-21)13-6-4-3-5-7-13/h3-11H,12H2,1-2H3. The van der Waals surface area contributed by atoms with Crippen molar-refractivity contribution in [3.05, 3.63) is 65.2 Å². The first-order valence-electron chi connectivity index (χ1n) is 7.22. The summed E-state index contributed by atoms with van der Waals surface area (Å²) in [6.45, 7) is 0.522. The summed E-state index contributed by atoms with van der Waals surface area (Å²) in [5.41, 5.74) is 3.16. The number of halogens is 1. The van der Waals surface area contributed by atoms with Gasteiger partial charge in [0.05, 0.1) is 12.3 Å². The van der Waals surface area contributed by atoms with Crippen molar-refractivity contribution >= 4 is 23.4 Å². The van der Waals surface area contributed by atoms with E-state index in [9.17, 15) is 0 Å². The van der Waals surface area contributed by atoms with E-state index in [1.807, 2.05) is 54.2 Å². The summed E-state index contributed by atoms with van der Waals surface area (Å²) >= 11 is 7.63. The fraction of sp³-hybridized carbons (Fsp3) is 0.167. The molecule has 5 heteroatoms. The Morgan fingerprint density at radius 2 is 1.78 bits per heavy atom. The fourth-order valence-electron chi connectivity index (χ4n) is 2.40. The highest BCUT2D eigenvalue weighted by atomic mass is 35.5. The highest BCUT2D eigenvalue weighted by Gasteiger charge is 2.18. The Labute approximate surface area is 145 Å². The Balaban J connectivity index is 2.02. The highest BCUT2D eigenvalue weighted by molar-refractivity contribution is 7.99. The Morgan fingerprint density at radius 1 is 1.09 bits per heavy atom. The monoisotopic (exact) mass is 344 g/mol. The van der Waals surface area contributed by atoms with Gasteiger partial charge in [0, 0.05) is 35.2 Å². The third-order valence-corrected chi connectivity index (χ3v) is 4.92. The predicted molar refractivity (Wildman–Crippen MR) is 94.9 cm³/mol. The Hall–Kier alpha value is -1.75. The molecule has 0 fully saturated rings. The molecule has 0 N–H and O–H groups in total. The van der Waals surface area contributed by atoms with Gasteiger partial charge in [-0.2, -0.15) is 5.10 Å². The van der Waals surface area contributed by atoms with Crippen LogP contribution in [0, 0.1) is 0 Å². The average molecular weight is 345 g/mol. The Kier molecular flexibility index (Phi) is 5.06. The number of hydrogen-bond donors (Lipinski definition) is 0. The van der Waals surface area contributed by atoms with E-state index in [0.717, 1.165) is 31.8 Å². The lowest BCUT2D eigenvalue weighted by atomic mass is 10.1. The van der Waals surface area contributed by atoms with Crippen molar-refractivity contribution in [3.8, 4) is 11.3 Å². The quantitative estimate of drug-likeness (QED) is 0.649. The normalized spacial score (nSPS) is 10.9. The summed E-state index contributed by atoms with van der Waals surface area (Å²) in [6, 6.07) is 18.0. The molecular weight excluding hydrogens is 328 g/mol. The lowest BCUT2D eigenvalue weighted by Gasteiger charge is -2.07. The van der Waals surface area contributed by atoms with Crippen molar-refractivity contribution in [2.45, 2.75) is 16.5 Å². The Morgan fingerprint density at radius 3 is 2.43 bits per heavy atom. The maximum atomic E-state index is 5.96. The third-order valence-electron chi connectivity index (χ3n) is 3.45. The van der Waals surface area contributed by atoms with E-state index >= 15 is 0 Å². The zero-order valence-electron chi connectivity index (χ0n) is 13.0. The van der Waals surface area contributed by atoms with Gasteiger partial charge in [0.25, 0.3) is 0 Å². The zero-order valence-corrected chi connectivity index (χ0v) is 14.6. The maximum Gasteiger partial charge on any atom is 0.105 e. The minimum Gasteiger partial charge on any atom is -0.380 e. The number of ether oxygens (including phenoxy) is 1. The van der Waals surface area contributed by atoms with Crippen LogP contribution in [0.25, 0.3) is 11.3 Å². The molecule has 0 saturated heterocycles. The molecule has 1 aromatic heterocycles. The SMILES string of the molecule is COCc1c(-c2ccccc2)nn(C)c1Sc1ccc(Cl)cc1. The van der Waals surface area contributed by atoms with Gasteiger partial charge in [-0.25, -0.2) is 0 Å². The second-order valence-corrected chi connectivity index (χ2v) is 6.61. The lowest BCUT2D eigenvalue weighted by molar-refractivity contribution is 0.183. The van der Waals surface area contributed by atoms with Crippen molar-refractivity contribution in [2.24, 2.45) is 7.05 Å². The molecule has 0 spiro atoms. The molecule has 0 radical (unpaired) electrons. The van der Waals surface area contributed by atoms with Crippen LogP contribution in [0.3, 0.4) is 0 Å². The molecule has 23 heavy (non-hydrogen) atoms. The van der Waals surface area contributed by atoms with Crippen LogP contribution in [-0.2, 0) is 18.4 Å². The first kappa shape index (κ1) is 16.1. The minimum atomic E-state index is 0.522. The second kappa shape index (κ2) is 7.21. The molecule has 0 aliphatic rings. The lowest BCUT2D eigenvalue weighted by Crippen LogP contribution is -1.94. The summed E-state index contributed by atoms with van der Waals surface area (Å²) in [5.74, 6) is 0. The van der Waals surface area contributed by atoms with Gasteiger partial charge in [0.2, 0.25) is 0 Å². The summed E-state index contributed by atoms with van der Waals surface area (Å²) < 4.78 is 7.33. The molecule has 2 aromatic carbocycles. The molecule has 0 atom stereocenters. The molecule has 118 valence electrons. The summed E-state index contributed by atoms with van der Waals surface area (Å²) in [5, 5.41) is 6.52. The van der Waals surface area contributed by atoms with Crippen LogP contribution in [0.5, 0.6) is 0 Å². The minimum absolute atomic E-state index is 0.522. The van der Waals surface area contributed by atoms with E-state index < -0.39 is 0 Å². The van der Waals surface area contributed by atoms with Gasteiger partial charge in [-0.1, -0.05) is 53.7 Å². The van der Waals surface area contributed by atoms with Crippen molar-refractivity contribution < 1.29 is 4.74 Å².